The van der Waals surface area contributed by atoms with Gasteiger partial charge in [0.15, 0.2) is 0 Å². The summed E-state index contributed by atoms with van der Waals surface area (Å²) >= 11 is 3.34. The molecule has 1 fully saturated rings. The van der Waals surface area contributed by atoms with Crippen molar-refractivity contribution in [3.05, 3.63) is 28.5 Å². The van der Waals surface area contributed by atoms with Gasteiger partial charge < -0.3 is 14.8 Å². The summed E-state index contributed by atoms with van der Waals surface area (Å²) in [5.41, 5.74) is 0.0253. The number of nitrogens with one attached hydrogen (secondary N) is 1. The first kappa shape index (κ1) is 17.4. The van der Waals surface area contributed by atoms with Gasteiger partial charge in [-0.15, -0.1) is 0 Å². The van der Waals surface area contributed by atoms with Crippen LogP contribution in [0.1, 0.15) is 39.2 Å². The summed E-state index contributed by atoms with van der Waals surface area (Å²) in [6, 6.07) is 3.90. The number of esters is 1. The fourth-order valence-electron chi connectivity index (χ4n) is 2.56. The molecule has 0 unspecified atom stereocenters. The predicted octanol–water partition coefficient (Wildman–Crippen LogP) is 2.78. The molecule has 0 aromatic carbocycles. The SMILES string of the molecule is CC(C)(C)OC(=O)COC1(c2ccc(Br)nc2)CCNCC1. The Bertz CT molecular complexity index is 505. The monoisotopic (exact) mass is 370 g/mol. The molecule has 0 saturated carbocycles. The van der Waals surface area contributed by atoms with Gasteiger partial charge in [-0.1, -0.05) is 6.07 Å². The molecular weight excluding hydrogens is 348 g/mol. The Morgan fingerprint density at radius 2 is 2.05 bits per heavy atom. The van der Waals surface area contributed by atoms with E-state index in [0.717, 1.165) is 36.1 Å². The van der Waals surface area contributed by atoms with Gasteiger partial charge in [0, 0.05) is 11.8 Å². The number of carbonyl (C=O) groups excluding carboxylic acids is 1. The molecule has 6 heteroatoms. The second-order valence-corrected chi connectivity index (χ2v) is 7.30. The molecule has 0 bridgehead atoms. The number of carbonyl (C=O) groups is 1. The van der Waals surface area contributed by atoms with E-state index in [-0.39, 0.29) is 12.6 Å². The van der Waals surface area contributed by atoms with E-state index < -0.39 is 11.2 Å². The summed E-state index contributed by atoms with van der Waals surface area (Å²) in [5, 5.41) is 3.32. The largest absolute Gasteiger partial charge is 0.458 e. The average Bonchev–Trinajstić information content (AvgIpc) is 2.45. The normalized spacial score (nSPS) is 18.0. The standard InChI is InChI=1S/C16H23BrN2O3/c1-15(2,3)22-14(20)11-21-16(6-8-18-9-7-16)12-4-5-13(17)19-10-12/h4-5,10,18H,6-9,11H2,1-3H3. The van der Waals surface area contributed by atoms with Crippen LogP contribution in [0.15, 0.2) is 22.9 Å². The lowest BCUT2D eigenvalue weighted by atomic mass is 9.85. The molecule has 0 aliphatic carbocycles. The lowest BCUT2D eigenvalue weighted by Gasteiger charge is -2.37. The highest BCUT2D eigenvalue weighted by atomic mass is 79.9. The summed E-state index contributed by atoms with van der Waals surface area (Å²) in [6.45, 7) is 7.21. The van der Waals surface area contributed by atoms with Crippen LogP contribution in [0, 0.1) is 0 Å². The summed E-state index contributed by atoms with van der Waals surface area (Å²) in [7, 11) is 0. The lowest BCUT2D eigenvalue weighted by molar-refractivity contribution is -0.169. The first-order chi connectivity index (χ1) is 10.3. The zero-order chi connectivity index (χ0) is 16.2. The van der Waals surface area contributed by atoms with Crippen molar-refractivity contribution in [2.24, 2.45) is 0 Å². The van der Waals surface area contributed by atoms with Crippen molar-refractivity contribution in [1.29, 1.82) is 0 Å². The Morgan fingerprint density at radius 3 is 2.59 bits per heavy atom. The number of hydrogen-bond acceptors (Lipinski definition) is 5. The number of hydrogen-bond donors (Lipinski definition) is 1. The van der Waals surface area contributed by atoms with Crippen molar-refractivity contribution in [1.82, 2.24) is 10.3 Å². The quantitative estimate of drug-likeness (QED) is 0.652. The molecular formula is C16H23BrN2O3. The minimum absolute atomic E-state index is 0.0483. The van der Waals surface area contributed by atoms with Gasteiger partial charge in [-0.05, 0) is 68.7 Å². The zero-order valence-electron chi connectivity index (χ0n) is 13.3. The molecule has 1 N–H and O–H groups in total. The maximum Gasteiger partial charge on any atom is 0.332 e. The van der Waals surface area contributed by atoms with Crippen LogP contribution in [-0.2, 0) is 19.9 Å². The number of pyridine rings is 1. The summed E-state index contributed by atoms with van der Waals surface area (Å²) in [4.78, 5) is 16.2. The molecule has 2 heterocycles. The first-order valence-electron chi connectivity index (χ1n) is 7.49. The molecule has 5 nitrogen and oxygen atoms in total. The zero-order valence-corrected chi connectivity index (χ0v) is 14.9. The third kappa shape index (κ3) is 4.76. The molecule has 22 heavy (non-hydrogen) atoms. The van der Waals surface area contributed by atoms with Gasteiger partial charge in [-0.2, -0.15) is 0 Å². The second-order valence-electron chi connectivity index (χ2n) is 6.49. The van der Waals surface area contributed by atoms with Crippen molar-refractivity contribution in [3.63, 3.8) is 0 Å². The Kier molecular flexibility index (Phi) is 5.58. The smallest absolute Gasteiger partial charge is 0.332 e. The van der Waals surface area contributed by atoms with E-state index in [9.17, 15) is 4.79 Å². The van der Waals surface area contributed by atoms with Gasteiger partial charge in [-0.3, -0.25) is 0 Å². The van der Waals surface area contributed by atoms with Crippen molar-refractivity contribution >= 4 is 21.9 Å². The van der Waals surface area contributed by atoms with Gasteiger partial charge in [0.25, 0.3) is 0 Å². The van der Waals surface area contributed by atoms with E-state index in [1.54, 1.807) is 0 Å². The number of ether oxygens (including phenoxy) is 2. The first-order valence-corrected chi connectivity index (χ1v) is 8.29. The summed E-state index contributed by atoms with van der Waals surface area (Å²) in [6.07, 6.45) is 3.42. The summed E-state index contributed by atoms with van der Waals surface area (Å²) < 4.78 is 12.1. The van der Waals surface area contributed by atoms with Crippen LogP contribution in [0.3, 0.4) is 0 Å². The third-order valence-electron chi connectivity index (χ3n) is 3.55. The van der Waals surface area contributed by atoms with Crippen LogP contribution in [0.2, 0.25) is 0 Å². The van der Waals surface area contributed by atoms with Crippen molar-refractivity contribution in [2.75, 3.05) is 19.7 Å². The van der Waals surface area contributed by atoms with Crippen molar-refractivity contribution in [3.8, 4) is 0 Å². The molecule has 122 valence electrons. The topological polar surface area (TPSA) is 60.5 Å². The number of piperidine rings is 1. The lowest BCUT2D eigenvalue weighted by Crippen LogP contribution is -2.43. The second kappa shape index (κ2) is 7.06. The number of aromatic nitrogens is 1. The van der Waals surface area contributed by atoms with Crippen molar-refractivity contribution in [2.45, 2.75) is 44.8 Å². The summed E-state index contributed by atoms with van der Waals surface area (Å²) in [5.74, 6) is -0.338. The van der Waals surface area contributed by atoms with Gasteiger partial charge in [0.05, 0.1) is 5.60 Å². The van der Waals surface area contributed by atoms with E-state index in [4.69, 9.17) is 9.47 Å². The molecule has 1 aliphatic heterocycles. The molecule has 0 atom stereocenters. The van der Waals surface area contributed by atoms with Gasteiger partial charge in [0.1, 0.15) is 16.8 Å². The molecule has 1 aromatic rings. The maximum absolute atomic E-state index is 11.9. The van der Waals surface area contributed by atoms with Crippen molar-refractivity contribution < 1.29 is 14.3 Å². The van der Waals surface area contributed by atoms with Gasteiger partial charge in [0.2, 0.25) is 0 Å². The van der Waals surface area contributed by atoms with Crippen LogP contribution in [0.5, 0.6) is 0 Å². The van der Waals surface area contributed by atoms with E-state index in [1.165, 1.54) is 0 Å². The number of rotatable bonds is 4. The Labute approximate surface area is 139 Å². The molecule has 0 spiro atoms. The molecule has 0 radical (unpaired) electrons. The molecule has 2 rings (SSSR count). The molecule has 1 saturated heterocycles. The van der Waals surface area contributed by atoms with E-state index in [2.05, 4.69) is 26.2 Å². The van der Waals surface area contributed by atoms with Crippen LogP contribution < -0.4 is 5.32 Å². The van der Waals surface area contributed by atoms with Crippen LogP contribution in [0.4, 0.5) is 0 Å². The highest BCUT2D eigenvalue weighted by Gasteiger charge is 2.36. The third-order valence-corrected chi connectivity index (χ3v) is 4.02. The predicted molar refractivity (Wildman–Crippen MR) is 87.5 cm³/mol. The Balaban J connectivity index is 2.09. The van der Waals surface area contributed by atoms with Crippen LogP contribution in [-0.4, -0.2) is 36.3 Å². The fraction of sp³-hybridized carbons (Fsp3) is 0.625. The Morgan fingerprint density at radius 1 is 1.36 bits per heavy atom. The van der Waals surface area contributed by atoms with E-state index >= 15 is 0 Å². The van der Waals surface area contributed by atoms with E-state index in [1.807, 2.05) is 39.1 Å². The minimum atomic E-state index is -0.499. The van der Waals surface area contributed by atoms with Crippen LogP contribution >= 0.6 is 15.9 Å². The minimum Gasteiger partial charge on any atom is -0.458 e. The average molecular weight is 371 g/mol. The van der Waals surface area contributed by atoms with Gasteiger partial charge in [-0.25, -0.2) is 9.78 Å². The van der Waals surface area contributed by atoms with E-state index in [0.29, 0.717) is 0 Å². The van der Waals surface area contributed by atoms with Crippen LogP contribution in [0.25, 0.3) is 0 Å². The van der Waals surface area contributed by atoms with Gasteiger partial charge >= 0.3 is 5.97 Å². The fourth-order valence-corrected chi connectivity index (χ4v) is 2.79. The molecule has 1 aromatic heterocycles. The molecule has 0 amide bonds. The highest BCUT2D eigenvalue weighted by Crippen LogP contribution is 2.35. The molecule has 1 aliphatic rings. The number of nitrogens with zero attached hydrogens (tertiary/aromatic N) is 1. The Hall–Kier alpha value is -0.980. The number of halogens is 1. The maximum atomic E-state index is 11.9. The highest BCUT2D eigenvalue weighted by molar-refractivity contribution is 9.10.